The van der Waals surface area contributed by atoms with E-state index in [0.717, 1.165) is 51.0 Å². The highest BCUT2D eigenvalue weighted by atomic mass is 16.1. The third kappa shape index (κ3) is 2.37. The van der Waals surface area contributed by atoms with E-state index < -0.39 is 0 Å². The Kier molecular flexibility index (Phi) is 3.31. The molecule has 0 atom stereocenters. The predicted molar refractivity (Wildman–Crippen MR) is 101 cm³/mol. The van der Waals surface area contributed by atoms with E-state index in [9.17, 15) is 4.79 Å². The number of nitrogens with one attached hydrogen (secondary N) is 2. The van der Waals surface area contributed by atoms with Gasteiger partial charge in [0, 0.05) is 59.5 Å². The van der Waals surface area contributed by atoms with Gasteiger partial charge in [-0.3, -0.25) is 14.8 Å². The van der Waals surface area contributed by atoms with Crippen LogP contribution in [0.3, 0.4) is 0 Å². The molecule has 0 fully saturated rings. The summed E-state index contributed by atoms with van der Waals surface area (Å²) in [6.07, 6.45) is 6.33. The molecule has 4 aromatic rings. The highest BCUT2D eigenvalue weighted by Crippen LogP contribution is 2.30. The molecule has 1 aromatic carbocycles. The van der Waals surface area contributed by atoms with Crippen molar-refractivity contribution in [2.45, 2.75) is 6.42 Å². The number of hydrogen-bond donors (Lipinski definition) is 2. The Labute approximate surface area is 150 Å². The molecule has 1 amide bonds. The lowest BCUT2D eigenvalue weighted by molar-refractivity contribution is 0.0946. The molecule has 1 aliphatic rings. The van der Waals surface area contributed by atoms with Gasteiger partial charge in [0.15, 0.2) is 0 Å². The van der Waals surface area contributed by atoms with Crippen LogP contribution in [0.15, 0.2) is 61.1 Å². The fourth-order valence-corrected chi connectivity index (χ4v) is 3.51. The lowest BCUT2D eigenvalue weighted by Crippen LogP contribution is -2.31. The van der Waals surface area contributed by atoms with Crippen LogP contribution in [0.25, 0.3) is 33.3 Å². The number of aromatic nitrogens is 3. The quantitative estimate of drug-likeness (QED) is 0.586. The largest absolute Gasteiger partial charge is 0.358 e. The SMILES string of the molecule is O=C1NCCc2[nH]c(-c3ccnc(-c4cncc5ccccc45)c3)cc21. The Hall–Kier alpha value is -3.47. The Bertz CT molecular complexity index is 1140. The minimum atomic E-state index is -0.0127. The van der Waals surface area contributed by atoms with Crippen LogP contribution in [0, 0.1) is 0 Å². The monoisotopic (exact) mass is 340 g/mol. The lowest BCUT2D eigenvalue weighted by Gasteiger charge is -2.11. The van der Waals surface area contributed by atoms with Gasteiger partial charge < -0.3 is 10.3 Å². The van der Waals surface area contributed by atoms with Crippen LogP contribution in [-0.2, 0) is 6.42 Å². The lowest BCUT2D eigenvalue weighted by atomic mass is 10.0. The van der Waals surface area contributed by atoms with Crippen LogP contribution in [0.1, 0.15) is 16.1 Å². The van der Waals surface area contributed by atoms with Crippen LogP contribution in [0.4, 0.5) is 0 Å². The molecule has 5 rings (SSSR count). The first-order valence-corrected chi connectivity index (χ1v) is 8.59. The van der Waals surface area contributed by atoms with Gasteiger partial charge in [-0.25, -0.2) is 0 Å². The second-order valence-corrected chi connectivity index (χ2v) is 6.42. The maximum atomic E-state index is 12.0. The van der Waals surface area contributed by atoms with E-state index in [-0.39, 0.29) is 5.91 Å². The van der Waals surface area contributed by atoms with Crippen molar-refractivity contribution in [3.05, 3.63) is 72.3 Å². The van der Waals surface area contributed by atoms with Crippen LogP contribution < -0.4 is 5.32 Å². The normalized spacial score (nSPS) is 13.5. The number of hydrogen-bond acceptors (Lipinski definition) is 3. The van der Waals surface area contributed by atoms with Gasteiger partial charge in [0.05, 0.1) is 11.3 Å². The van der Waals surface area contributed by atoms with Gasteiger partial charge in [-0.05, 0) is 23.6 Å². The summed E-state index contributed by atoms with van der Waals surface area (Å²) in [5.41, 5.74) is 5.53. The summed E-state index contributed by atoms with van der Waals surface area (Å²) >= 11 is 0. The maximum Gasteiger partial charge on any atom is 0.253 e. The molecule has 3 aromatic heterocycles. The number of carbonyl (C=O) groups excluding carboxylic acids is 1. The molecule has 1 aliphatic heterocycles. The molecule has 0 saturated heterocycles. The smallest absolute Gasteiger partial charge is 0.253 e. The maximum absolute atomic E-state index is 12.0. The van der Waals surface area contributed by atoms with Gasteiger partial charge in [-0.2, -0.15) is 0 Å². The third-order valence-electron chi connectivity index (χ3n) is 4.82. The van der Waals surface area contributed by atoms with E-state index in [4.69, 9.17) is 0 Å². The molecule has 126 valence electrons. The van der Waals surface area contributed by atoms with Crippen molar-refractivity contribution in [1.82, 2.24) is 20.3 Å². The van der Waals surface area contributed by atoms with Crippen molar-refractivity contribution in [1.29, 1.82) is 0 Å². The van der Waals surface area contributed by atoms with Crippen molar-refractivity contribution < 1.29 is 4.79 Å². The second kappa shape index (κ2) is 5.81. The fourth-order valence-electron chi connectivity index (χ4n) is 3.51. The van der Waals surface area contributed by atoms with E-state index >= 15 is 0 Å². The van der Waals surface area contributed by atoms with Gasteiger partial charge in [-0.15, -0.1) is 0 Å². The Morgan fingerprint density at radius 3 is 2.85 bits per heavy atom. The molecule has 0 aliphatic carbocycles. The van der Waals surface area contributed by atoms with E-state index in [2.05, 4.69) is 26.3 Å². The summed E-state index contributed by atoms with van der Waals surface area (Å²) in [5.74, 6) is -0.0127. The van der Waals surface area contributed by atoms with Gasteiger partial charge in [0.1, 0.15) is 0 Å². The van der Waals surface area contributed by atoms with Crippen molar-refractivity contribution in [2.75, 3.05) is 6.54 Å². The van der Waals surface area contributed by atoms with Gasteiger partial charge in [0.25, 0.3) is 5.91 Å². The van der Waals surface area contributed by atoms with Crippen LogP contribution >= 0.6 is 0 Å². The molecule has 0 bridgehead atoms. The minimum absolute atomic E-state index is 0.0127. The number of amides is 1. The molecule has 0 radical (unpaired) electrons. The van der Waals surface area contributed by atoms with E-state index in [0.29, 0.717) is 6.54 Å². The average molecular weight is 340 g/mol. The predicted octanol–water partition coefficient (Wildman–Crippen LogP) is 3.58. The van der Waals surface area contributed by atoms with Crippen LogP contribution in [-0.4, -0.2) is 27.4 Å². The molecule has 4 heterocycles. The van der Waals surface area contributed by atoms with Crippen molar-refractivity contribution in [2.24, 2.45) is 0 Å². The molecule has 0 spiro atoms. The van der Waals surface area contributed by atoms with E-state index in [1.165, 1.54) is 0 Å². The number of nitrogens with zero attached hydrogens (tertiary/aromatic N) is 2. The summed E-state index contributed by atoms with van der Waals surface area (Å²) in [6.45, 7) is 0.676. The first-order valence-electron chi connectivity index (χ1n) is 8.59. The van der Waals surface area contributed by atoms with E-state index in [1.807, 2.05) is 48.8 Å². The van der Waals surface area contributed by atoms with Crippen LogP contribution in [0.5, 0.6) is 0 Å². The summed E-state index contributed by atoms with van der Waals surface area (Å²) in [4.78, 5) is 24.3. The average Bonchev–Trinajstić information content (AvgIpc) is 3.14. The Morgan fingerprint density at radius 2 is 1.92 bits per heavy atom. The zero-order valence-electron chi connectivity index (χ0n) is 14.0. The first-order chi connectivity index (χ1) is 12.8. The van der Waals surface area contributed by atoms with Gasteiger partial charge in [-0.1, -0.05) is 24.3 Å². The third-order valence-corrected chi connectivity index (χ3v) is 4.82. The number of fused-ring (bicyclic) bond motifs is 2. The molecular formula is C21H16N4O. The number of aromatic amines is 1. The summed E-state index contributed by atoms with van der Waals surface area (Å²) in [7, 11) is 0. The number of carbonyl (C=O) groups is 1. The highest BCUT2D eigenvalue weighted by molar-refractivity contribution is 5.98. The first kappa shape index (κ1) is 14.8. The molecule has 0 unspecified atom stereocenters. The Balaban J connectivity index is 1.63. The van der Waals surface area contributed by atoms with Gasteiger partial charge >= 0.3 is 0 Å². The van der Waals surface area contributed by atoms with Gasteiger partial charge in [0.2, 0.25) is 0 Å². The standard InChI is InChI=1S/C21H16N4O/c26-21-16-10-19(25-18(16)6-8-24-21)13-5-7-23-20(9-13)17-12-22-11-14-3-1-2-4-15(14)17/h1-5,7,9-12,25H,6,8H2,(H,24,26). The van der Waals surface area contributed by atoms with E-state index in [1.54, 1.807) is 6.20 Å². The second-order valence-electron chi connectivity index (χ2n) is 6.42. The van der Waals surface area contributed by atoms with Crippen molar-refractivity contribution in [3.63, 3.8) is 0 Å². The van der Waals surface area contributed by atoms with Crippen molar-refractivity contribution >= 4 is 16.7 Å². The molecule has 26 heavy (non-hydrogen) atoms. The zero-order chi connectivity index (χ0) is 17.5. The molecule has 5 nitrogen and oxygen atoms in total. The topological polar surface area (TPSA) is 70.7 Å². The minimum Gasteiger partial charge on any atom is -0.358 e. The number of H-pyrrole nitrogens is 1. The summed E-state index contributed by atoms with van der Waals surface area (Å²) in [5, 5.41) is 5.09. The zero-order valence-corrected chi connectivity index (χ0v) is 14.0. The summed E-state index contributed by atoms with van der Waals surface area (Å²) < 4.78 is 0. The fraction of sp³-hybridized carbons (Fsp3) is 0.0952. The number of benzene rings is 1. The molecule has 0 saturated carbocycles. The molecule has 5 heteroatoms. The van der Waals surface area contributed by atoms with Crippen LogP contribution in [0.2, 0.25) is 0 Å². The van der Waals surface area contributed by atoms with Crippen molar-refractivity contribution in [3.8, 4) is 22.5 Å². The molecular weight excluding hydrogens is 324 g/mol. The Morgan fingerprint density at radius 1 is 1.00 bits per heavy atom. The summed E-state index contributed by atoms with van der Waals surface area (Å²) in [6, 6.07) is 14.1. The highest BCUT2D eigenvalue weighted by Gasteiger charge is 2.20. The molecule has 2 N–H and O–H groups in total. The number of pyridine rings is 2. The number of rotatable bonds is 2.